The van der Waals surface area contributed by atoms with Gasteiger partial charge in [-0.1, -0.05) is 12.1 Å². The minimum absolute atomic E-state index is 0.172. The molecule has 0 saturated heterocycles. The Hall–Kier alpha value is -3.36. The van der Waals surface area contributed by atoms with Crippen LogP contribution in [0.15, 0.2) is 47.4 Å². The minimum atomic E-state index is -4.71. The highest BCUT2D eigenvalue weighted by atomic mass is 19.4. The lowest BCUT2D eigenvalue weighted by atomic mass is 10.0. The maximum absolute atomic E-state index is 13.4. The highest BCUT2D eigenvalue weighted by Gasteiger charge is 2.34. The van der Waals surface area contributed by atoms with E-state index in [0.717, 1.165) is 22.8 Å². The van der Waals surface area contributed by atoms with Gasteiger partial charge in [-0.25, -0.2) is 4.79 Å². The number of aromatic nitrogens is 3. The van der Waals surface area contributed by atoms with Gasteiger partial charge in [0.15, 0.2) is 0 Å². The van der Waals surface area contributed by atoms with Gasteiger partial charge in [0.2, 0.25) is 0 Å². The molecule has 9 heteroatoms. The van der Waals surface area contributed by atoms with Gasteiger partial charge in [0.1, 0.15) is 5.56 Å². The molecule has 140 valence electrons. The van der Waals surface area contributed by atoms with E-state index in [0.29, 0.717) is 11.3 Å². The average molecular weight is 377 g/mol. The number of para-hydroxylation sites is 1. The number of pyridine rings is 1. The lowest BCUT2D eigenvalue weighted by molar-refractivity contribution is -0.137. The van der Waals surface area contributed by atoms with Crippen LogP contribution in [0.5, 0.6) is 0 Å². The minimum Gasteiger partial charge on any atom is -0.477 e. The van der Waals surface area contributed by atoms with Crippen molar-refractivity contribution in [2.24, 2.45) is 7.05 Å². The molecule has 0 aliphatic rings. The van der Waals surface area contributed by atoms with E-state index in [9.17, 15) is 27.9 Å². The Morgan fingerprint density at radius 2 is 1.85 bits per heavy atom. The van der Waals surface area contributed by atoms with Crippen molar-refractivity contribution in [1.29, 1.82) is 0 Å². The van der Waals surface area contributed by atoms with Crippen molar-refractivity contribution in [2.75, 3.05) is 0 Å². The molecule has 1 aromatic carbocycles. The molecule has 2 heterocycles. The van der Waals surface area contributed by atoms with Gasteiger partial charge in [-0.15, -0.1) is 0 Å². The second-order valence-electron chi connectivity index (χ2n) is 5.86. The third kappa shape index (κ3) is 3.12. The third-order valence-electron chi connectivity index (χ3n) is 4.23. The number of carboxylic acids is 1. The molecule has 0 fully saturated rings. The number of hydrogen-bond donors (Lipinski definition) is 1. The summed E-state index contributed by atoms with van der Waals surface area (Å²) >= 11 is 0. The zero-order valence-electron chi connectivity index (χ0n) is 14.3. The number of hydrogen-bond acceptors (Lipinski definition) is 3. The van der Waals surface area contributed by atoms with Crippen LogP contribution in [-0.4, -0.2) is 25.4 Å². The molecule has 0 unspecified atom stereocenters. The van der Waals surface area contributed by atoms with E-state index in [-0.39, 0.29) is 5.69 Å². The van der Waals surface area contributed by atoms with Crippen molar-refractivity contribution >= 4 is 5.97 Å². The number of rotatable bonds is 3. The number of carboxylic acid groups (broad SMARTS) is 1. The first-order chi connectivity index (χ1) is 12.6. The number of alkyl halides is 3. The van der Waals surface area contributed by atoms with E-state index in [1.54, 1.807) is 13.1 Å². The van der Waals surface area contributed by atoms with Crippen molar-refractivity contribution in [1.82, 2.24) is 14.3 Å². The molecule has 3 aromatic rings. The van der Waals surface area contributed by atoms with Crippen molar-refractivity contribution in [3.05, 3.63) is 69.8 Å². The van der Waals surface area contributed by atoms with Crippen molar-refractivity contribution < 1.29 is 23.1 Å². The standard InChI is InChI=1S/C18H14F3N3O3/c1-10-11(14-7-8-22-23(14)2)9-12(17(26)27)16(25)24(10)15-6-4-3-5-13(15)18(19,20)21/h3-9H,1-2H3,(H,26,27). The van der Waals surface area contributed by atoms with E-state index in [1.807, 2.05) is 0 Å². The zero-order valence-corrected chi connectivity index (χ0v) is 14.3. The predicted molar refractivity (Wildman–Crippen MR) is 90.9 cm³/mol. The van der Waals surface area contributed by atoms with Gasteiger partial charge >= 0.3 is 12.1 Å². The van der Waals surface area contributed by atoms with Gasteiger partial charge in [0, 0.05) is 24.5 Å². The number of nitrogens with zero attached hydrogens (tertiary/aromatic N) is 3. The van der Waals surface area contributed by atoms with Crippen LogP contribution in [0.3, 0.4) is 0 Å². The quantitative estimate of drug-likeness (QED) is 0.760. The van der Waals surface area contributed by atoms with E-state index in [4.69, 9.17) is 0 Å². The molecule has 0 aliphatic heterocycles. The van der Waals surface area contributed by atoms with Gasteiger partial charge in [0.05, 0.1) is 16.9 Å². The molecular weight excluding hydrogens is 363 g/mol. The Labute approximate surface area is 151 Å². The fraction of sp³-hybridized carbons (Fsp3) is 0.167. The molecule has 0 bridgehead atoms. The molecule has 0 amide bonds. The predicted octanol–water partition coefficient (Wildman–Crippen LogP) is 3.26. The summed E-state index contributed by atoms with van der Waals surface area (Å²) in [5.41, 5.74) is -2.20. The molecule has 1 N–H and O–H groups in total. The smallest absolute Gasteiger partial charge is 0.418 e. The first kappa shape index (κ1) is 18.4. The maximum atomic E-state index is 13.4. The Kier molecular flexibility index (Phi) is 4.38. The van der Waals surface area contributed by atoms with E-state index >= 15 is 0 Å². The fourth-order valence-electron chi connectivity index (χ4n) is 2.95. The van der Waals surface area contributed by atoms with Crippen LogP contribution < -0.4 is 5.56 Å². The Balaban J connectivity index is 2.45. The lowest BCUT2D eigenvalue weighted by Crippen LogP contribution is -2.29. The lowest BCUT2D eigenvalue weighted by Gasteiger charge is -2.19. The summed E-state index contributed by atoms with van der Waals surface area (Å²) in [6, 6.07) is 7.28. The van der Waals surface area contributed by atoms with Crippen LogP contribution in [0.2, 0.25) is 0 Å². The first-order valence-corrected chi connectivity index (χ1v) is 7.78. The maximum Gasteiger partial charge on any atom is 0.418 e. The molecule has 6 nitrogen and oxygen atoms in total. The summed E-state index contributed by atoms with van der Waals surface area (Å²) in [5.74, 6) is -1.53. The summed E-state index contributed by atoms with van der Waals surface area (Å²) in [4.78, 5) is 24.3. The van der Waals surface area contributed by atoms with Gasteiger partial charge in [0.25, 0.3) is 5.56 Å². The highest BCUT2D eigenvalue weighted by molar-refractivity contribution is 5.89. The van der Waals surface area contributed by atoms with Crippen molar-refractivity contribution in [3.63, 3.8) is 0 Å². The monoisotopic (exact) mass is 377 g/mol. The van der Waals surface area contributed by atoms with Crippen LogP contribution in [0, 0.1) is 6.92 Å². The normalized spacial score (nSPS) is 11.6. The molecule has 3 rings (SSSR count). The zero-order chi connectivity index (χ0) is 19.9. The van der Waals surface area contributed by atoms with Gasteiger partial charge in [-0.2, -0.15) is 18.3 Å². The molecular formula is C18H14F3N3O3. The highest BCUT2D eigenvalue weighted by Crippen LogP contribution is 2.34. The van der Waals surface area contributed by atoms with Crippen LogP contribution in [0.1, 0.15) is 21.6 Å². The fourth-order valence-corrected chi connectivity index (χ4v) is 2.95. The summed E-state index contributed by atoms with van der Waals surface area (Å²) in [6.07, 6.45) is -3.25. The summed E-state index contributed by atoms with van der Waals surface area (Å²) < 4.78 is 42.6. The third-order valence-corrected chi connectivity index (χ3v) is 4.23. The molecule has 0 spiro atoms. The number of carbonyl (C=O) groups is 1. The number of aromatic carboxylic acids is 1. The largest absolute Gasteiger partial charge is 0.477 e. The second-order valence-corrected chi connectivity index (χ2v) is 5.86. The molecule has 0 atom stereocenters. The number of benzene rings is 1. The summed E-state index contributed by atoms with van der Waals surface area (Å²) in [7, 11) is 1.61. The molecule has 27 heavy (non-hydrogen) atoms. The Morgan fingerprint density at radius 1 is 1.19 bits per heavy atom. The average Bonchev–Trinajstić information content (AvgIpc) is 3.00. The van der Waals surface area contributed by atoms with E-state index in [2.05, 4.69) is 5.10 Å². The number of aryl methyl sites for hydroxylation is 1. The Morgan fingerprint density at radius 3 is 2.41 bits per heavy atom. The molecule has 0 radical (unpaired) electrons. The van der Waals surface area contributed by atoms with Gasteiger partial charge in [-0.05, 0) is 31.2 Å². The molecule has 2 aromatic heterocycles. The van der Waals surface area contributed by atoms with Crippen LogP contribution >= 0.6 is 0 Å². The SMILES string of the molecule is Cc1c(-c2ccnn2C)cc(C(=O)O)c(=O)n1-c1ccccc1C(F)(F)F. The number of halogens is 3. The molecule has 0 aliphatic carbocycles. The van der Waals surface area contributed by atoms with Gasteiger partial charge in [-0.3, -0.25) is 14.0 Å². The van der Waals surface area contributed by atoms with E-state index in [1.165, 1.54) is 29.9 Å². The summed E-state index contributed by atoms with van der Waals surface area (Å²) in [6.45, 7) is 1.46. The first-order valence-electron chi connectivity index (χ1n) is 7.78. The van der Waals surface area contributed by atoms with Crippen molar-refractivity contribution in [3.8, 4) is 16.9 Å². The molecule has 0 saturated carbocycles. The Bertz CT molecular complexity index is 1100. The van der Waals surface area contributed by atoms with E-state index < -0.39 is 34.5 Å². The summed E-state index contributed by atoms with van der Waals surface area (Å²) in [5, 5.41) is 13.4. The second kappa shape index (κ2) is 6.42. The van der Waals surface area contributed by atoms with Crippen LogP contribution in [0.25, 0.3) is 16.9 Å². The van der Waals surface area contributed by atoms with Crippen LogP contribution in [0.4, 0.5) is 13.2 Å². The van der Waals surface area contributed by atoms with Crippen molar-refractivity contribution in [2.45, 2.75) is 13.1 Å². The topological polar surface area (TPSA) is 77.1 Å². The van der Waals surface area contributed by atoms with Gasteiger partial charge < -0.3 is 5.11 Å². The van der Waals surface area contributed by atoms with Crippen LogP contribution in [-0.2, 0) is 13.2 Å².